The van der Waals surface area contributed by atoms with Crippen molar-refractivity contribution in [1.29, 1.82) is 0 Å². The van der Waals surface area contributed by atoms with E-state index in [4.69, 9.17) is 9.82 Å². The van der Waals surface area contributed by atoms with Gasteiger partial charge in [-0.1, -0.05) is 48.5 Å². The number of hydrogen-bond acceptors (Lipinski definition) is 3. The predicted octanol–water partition coefficient (Wildman–Crippen LogP) is 4.66. The molecule has 0 saturated heterocycles. The van der Waals surface area contributed by atoms with Crippen molar-refractivity contribution in [2.45, 2.75) is 32.3 Å². The van der Waals surface area contributed by atoms with Crippen LogP contribution in [0.15, 0.2) is 54.6 Å². The number of pyridine rings is 1. The van der Waals surface area contributed by atoms with Gasteiger partial charge in [-0.05, 0) is 42.9 Å². The third kappa shape index (κ3) is 2.92. The van der Waals surface area contributed by atoms with Crippen molar-refractivity contribution in [3.8, 4) is 0 Å². The van der Waals surface area contributed by atoms with Crippen LogP contribution in [0.1, 0.15) is 29.7 Å². The zero-order valence-corrected chi connectivity index (χ0v) is 13.1. The fourth-order valence-corrected chi connectivity index (χ4v) is 3.25. The molecular weight excluding hydrogens is 284 g/mol. The first-order valence-electron chi connectivity index (χ1n) is 8.24. The molecule has 1 N–H and O–H groups in total. The summed E-state index contributed by atoms with van der Waals surface area (Å²) in [5.41, 5.74) is 9.07. The number of nitrogens with zero attached hydrogens (tertiary/aromatic N) is 1. The van der Waals surface area contributed by atoms with Crippen LogP contribution in [0.5, 0.6) is 0 Å². The van der Waals surface area contributed by atoms with E-state index in [9.17, 15) is 0 Å². The molecule has 0 atom stereocenters. The number of aryl methyl sites for hydroxylation is 1. The molecule has 3 heteroatoms. The quantitative estimate of drug-likeness (QED) is 0.712. The maximum Gasteiger partial charge on any atom is 0.0996 e. The standard InChI is InChI=1S/C20H20N2O/c1-2-8-15(9-3-1)14-23-22-20-16-10-4-6-12-18(16)21-19-13-7-5-11-17(19)20/h1-4,6,8-10,12H,5,7,11,13-14H2,(H,21,22). The minimum Gasteiger partial charge on any atom is -0.271 e. The summed E-state index contributed by atoms with van der Waals surface area (Å²) in [6, 6.07) is 18.5. The first-order valence-corrected chi connectivity index (χ1v) is 8.24. The molecule has 1 aliphatic carbocycles. The molecule has 0 unspecified atom stereocenters. The van der Waals surface area contributed by atoms with Crippen molar-refractivity contribution in [2.75, 3.05) is 5.48 Å². The van der Waals surface area contributed by atoms with Gasteiger partial charge in [-0.15, -0.1) is 0 Å². The molecule has 1 heterocycles. The number of aromatic nitrogens is 1. The Morgan fingerprint density at radius 2 is 1.70 bits per heavy atom. The zero-order valence-electron chi connectivity index (χ0n) is 13.1. The van der Waals surface area contributed by atoms with Crippen LogP contribution in [0, 0.1) is 0 Å². The molecule has 116 valence electrons. The van der Waals surface area contributed by atoms with Gasteiger partial charge in [0.1, 0.15) is 0 Å². The Morgan fingerprint density at radius 1 is 0.913 bits per heavy atom. The molecule has 3 aromatic rings. The summed E-state index contributed by atoms with van der Waals surface area (Å²) in [5.74, 6) is 0. The second-order valence-electron chi connectivity index (χ2n) is 6.01. The minimum absolute atomic E-state index is 0.548. The first-order chi connectivity index (χ1) is 11.4. The number of para-hydroxylation sites is 1. The van der Waals surface area contributed by atoms with E-state index >= 15 is 0 Å². The predicted molar refractivity (Wildman–Crippen MR) is 93.2 cm³/mol. The van der Waals surface area contributed by atoms with E-state index in [-0.39, 0.29) is 0 Å². The van der Waals surface area contributed by atoms with Gasteiger partial charge in [0, 0.05) is 11.1 Å². The smallest absolute Gasteiger partial charge is 0.0996 e. The van der Waals surface area contributed by atoms with Crippen molar-refractivity contribution in [3.63, 3.8) is 0 Å². The highest BCUT2D eigenvalue weighted by Crippen LogP contribution is 2.33. The van der Waals surface area contributed by atoms with Crippen molar-refractivity contribution < 1.29 is 4.84 Å². The van der Waals surface area contributed by atoms with Crippen LogP contribution in [-0.2, 0) is 24.3 Å². The summed E-state index contributed by atoms with van der Waals surface area (Å²) in [6.07, 6.45) is 4.58. The average molecular weight is 304 g/mol. The molecule has 0 radical (unpaired) electrons. The van der Waals surface area contributed by atoms with Crippen LogP contribution < -0.4 is 5.48 Å². The van der Waals surface area contributed by atoms with Gasteiger partial charge in [0.15, 0.2) is 0 Å². The highest BCUT2D eigenvalue weighted by molar-refractivity contribution is 5.93. The molecule has 0 spiro atoms. The number of rotatable bonds is 4. The van der Waals surface area contributed by atoms with Gasteiger partial charge in [0.25, 0.3) is 0 Å². The lowest BCUT2D eigenvalue weighted by atomic mass is 9.93. The maximum absolute atomic E-state index is 5.80. The monoisotopic (exact) mass is 304 g/mol. The van der Waals surface area contributed by atoms with E-state index in [2.05, 4.69) is 35.8 Å². The topological polar surface area (TPSA) is 34.1 Å². The molecule has 1 aliphatic rings. The Labute approximate surface area is 136 Å². The summed E-state index contributed by atoms with van der Waals surface area (Å²) in [5, 5.41) is 1.14. The van der Waals surface area contributed by atoms with Crippen LogP contribution in [0.4, 0.5) is 5.69 Å². The molecule has 4 rings (SSSR count). The normalized spacial score (nSPS) is 13.7. The molecular formula is C20H20N2O. The van der Waals surface area contributed by atoms with Crippen LogP contribution in [0.2, 0.25) is 0 Å². The van der Waals surface area contributed by atoms with Crippen molar-refractivity contribution >= 4 is 16.6 Å². The Kier molecular flexibility index (Phi) is 3.95. The highest BCUT2D eigenvalue weighted by Gasteiger charge is 2.18. The highest BCUT2D eigenvalue weighted by atomic mass is 16.6. The molecule has 0 amide bonds. The number of nitrogens with one attached hydrogen (secondary N) is 1. The largest absolute Gasteiger partial charge is 0.271 e. The van der Waals surface area contributed by atoms with E-state index in [1.807, 2.05) is 24.3 Å². The molecule has 0 bridgehead atoms. The fraction of sp³-hybridized carbons (Fsp3) is 0.250. The second kappa shape index (κ2) is 6.39. The van der Waals surface area contributed by atoms with Crippen LogP contribution in [-0.4, -0.2) is 4.98 Å². The molecule has 3 nitrogen and oxygen atoms in total. The molecule has 1 aromatic heterocycles. The summed E-state index contributed by atoms with van der Waals surface area (Å²) >= 11 is 0. The van der Waals surface area contributed by atoms with Gasteiger partial charge < -0.3 is 0 Å². The SMILES string of the molecule is c1ccc(CONc2c3c(nc4ccccc24)CCCC3)cc1. The Balaban J connectivity index is 1.64. The average Bonchev–Trinajstić information content (AvgIpc) is 2.62. The minimum atomic E-state index is 0.548. The third-order valence-electron chi connectivity index (χ3n) is 4.43. The van der Waals surface area contributed by atoms with Crippen LogP contribution in [0.3, 0.4) is 0 Å². The van der Waals surface area contributed by atoms with E-state index in [0.29, 0.717) is 6.61 Å². The Morgan fingerprint density at radius 3 is 2.61 bits per heavy atom. The summed E-state index contributed by atoms with van der Waals surface area (Å²) in [4.78, 5) is 10.6. The lowest BCUT2D eigenvalue weighted by Gasteiger charge is -2.21. The Bertz CT molecular complexity index is 814. The maximum atomic E-state index is 5.80. The summed E-state index contributed by atoms with van der Waals surface area (Å²) < 4.78 is 0. The van der Waals surface area contributed by atoms with Gasteiger partial charge in [0.05, 0.1) is 17.8 Å². The number of hydrogen-bond donors (Lipinski definition) is 1. The summed E-state index contributed by atoms with van der Waals surface area (Å²) in [6.45, 7) is 0.548. The van der Waals surface area contributed by atoms with Crippen LogP contribution >= 0.6 is 0 Å². The van der Waals surface area contributed by atoms with Crippen molar-refractivity contribution in [3.05, 3.63) is 71.4 Å². The van der Waals surface area contributed by atoms with Crippen molar-refractivity contribution in [1.82, 2.24) is 4.98 Å². The lowest BCUT2D eigenvalue weighted by Crippen LogP contribution is -2.12. The Hall–Kier alpha value is -2.39. The number of anilines is 1. The van der Waals surface area contributed by atoms with Gasteiger partial charge >= 0.3 is 0 Å². The first kappa shape index (κ1) is 14.2. The van der Waals surface area contributed by atoms with Crippen molar-refractivity contribution in [2.24, 2.45) is 0 Å². The number of benzene rings is 2. The molecule has 23 heavy (non-hydrogen) atoms. The van der Waals surface area contributed by atoms with Gasteiger partial charge in [-0.25, -0.2) is 0 Å². The van der Waals surface area contributed by atoms with Gasteiger partial charge in [0.2, 0.25) is 0 Å². The zero-order chi connectivity index (χ0) is 15.5. The lowest BCUT2D eigenvalue weighted by molar-refractivity contribution is 0.180. The van der Waals surface area contributed by atoms with Gasteiger partial charge in [-0.3, -0.25) is 15.3 Å². The van der Waals surface area contributed by atoms with E-state index < -0.39 is 0 Å². The number of fused-ring (bicyclic) bond motifs is 2. The molecule has 0 saturated carbocycles. The van der Waals surface area contributed by atoms with E-state index in [1.54, 1.807) is 0 Å². The molecule has 2 aromatic carbocycles. The third-order valence-corrected chi connectivity index (χ3v) is 4.43. The van der Waals surface area contributed by atoms with E-state index in [1.165, 1.54) is 24.1 Å². The second-order valence-corrected chi connectivity index (χ2v) is 6.01. The summed E-state index contributed by atoms with van der Waals surface area (Å²) in [7, 11) is 0. The van der Waals surface area contributed by atoms with E-state index in [0.717, 1.165) is 35.0 Å². The molecule has 0 aliphatic heterocycles. The van der Waals surface area contributed by atoms with Crippen LogP contribution in [0.25, 0.3) is 10.9 Å². The fourth-order valence-electron chi connectivity index (χ4n) is 3.25. The van der Waals surface area contributed by atoms with Gasteiger partial charge in [-0.2, -0.15) is 0 Å². The molecule has 0 fully saturated rings.